The number of aromatic hydroxyl groups is 2. The van der Waals surface area contributed by atoms with Crippen molar-refractivity contribution in [1.82, 2.24) is 0 Å². The smallest absolute Gasteiger partial charge is 0.158 e. The van der Waals surface area contributed by atoms with Gasteiger partial charge in [0, 0.05) is 22.2 Å². The molecule has 3 rings (SSSR count). The van der Waals surface area contributed by atoms with E-state index in [-0.39, 0.29) is 11.5 Å². The van der Waals surface area contributed by atoms with Crippen LogP contribution in [0.3, 0.4) is 0 Å². The van der Waals surface area contributed by atoms with Crippen LogP contribution in [0, 0.1) is 3.57 Å². The van der Waals surface area contributed by atoms with Crippen molar-refractivity contribution in [3.8, 4) is 17.2 Å². The lowest BCUT2D eigenvalue weighted by Gasteiger charge is -2.18. The topological polar surface area (TPSA) is 62.0 Å². The number of nitrogens with zero attached hydrogens (tertiary/aromatic N) is 1. The molecule has 0 aromatic heterocycles. The lowest BCUT2D eigenvalue weighted by Crippen LogP contribution is -2.16. The van der Waals surface area contributed by atoms with Crippen LogP contribution in [0.25, 0.3) is 0 Å². The van der Waals surface area contributed by atoms with Crippen LogP contribution >= 0.6 is 22.6 Å². The Balaban J connectivity index is 1.94. The Kier molecular flexibility index (Phi) is 4.24. The maximum atomic E-state index is 9.71. The van der Waals surface area contributed by atoms with Crippen LogP contribution in [0.4, 0.5) is 0 Å². The molecule has 2 aromatic rings. The third kappa shape index (κ3) is 2.90. The Hall–Kier alpha value is -1.76. The second-order valence-corrected chi connectivity index (χ2v) is 6.37. The summed E-state index contributed by atoms with van der Waals surface area (Å²) >= 11 is 2.16. The van der Waals surface area contributed by atoms with E-state index in [9.17, 15) is 10.2 Å². The van der Waals surface area contributed by atoms with E-state index in [0.29, 0.717) is 6.42 Å². The molecule has 4 nitrogen and oxygen atoms in total. The minimum absolute atomic E-state index is 0.0936. The van der Waals surface area contributed by atoms with Crippen LogP contribution < -0.4 is 4.74 Å². The van der Waals surface area contributed by atoms with E-state index >= 15 is 0 Å². The summed E-state index contributed by atoms with van der Waals surface area (Å²) < 4.78 is 6.19. The van der Waals surface area contributed by atoms with E-state index in [2.05, 4.69) is 33.6 Å². The number of ether oxygens (including phenoxy) is 1. The van der Waals surface area contributed by atoms with Gasteiger partial charge in [-0.25, -0.2) is 0 Å². The van der Waals surface area contributed by atoms with E-state index < -0.39 is 0 Å². The fourth-order valence-electron chi connectivity index (χ4n) is 2.64. The number of hydrogen-bond acceptors (Lipinski definition) is 4. The second-order valence-electron chi connectivity index (χ2n) is 5.21. The number of aliphatic imine (C=N–C) groups is 1. The maximum absolute atomic E-state index is 9.71. The lowest BCUT2D eigenvalue weighted by atomic mass is 9.93. The Labute approximate surface area is 142 Å². The maximum Gasteiger partial charge on any atom is 0.158 e. The van der Waals surface area contributed by atoms with Crippen molar-refractivity contribution in [3.05, 3.63) is 50.6 Å². The van der Waals surface area contributed by atoms with Crippen molar-refractivity contribution in [2.45, 2.75) is 12.8 Å². The van der Waals surface area contributed by atoms with Crippen LogP contribution in [-0.4, -0.2) is 29.6 Å². The monoisotopic (exact) mass is 409 g/mol. The molecule has 0 fully saturated rings. The van der Waals surface area contributed by atoms with Crippen LogP contribution in [0.15, 0.2) is 35.3 Å². The van der Waals surface area contributed by atoms with Gasteiger partial charge in [0.15, 0.2) is 11.5 Å². The molecule has 1 aliphatic rings. The molecule has 0 atom stereocenters. The minimum atomic E-state index is -0.0956. The predicted octanol–water partition coefficient (Wildman–Crippen LogP) is 3.30. The van der Waals surface area contributed by atoms with Gasteiger partial charge >= 0.3 is 0 Å². The van der Waals surface area contributed by atoms with Crippen molar-refractivity contribution < 1.29 is 14.9 Å². The van der Waals surface area contributed by atoms with Crippen molar-refractivity contribution in [1.29, 1.82) is 0 Å². The highest BCUT2D eigenvalue weighted by Gasteiger charge is 2.17. The van der Waals surface area contributed by atoms with Gasteiger partial charge in [-0.1, -0.05) is 0 Å². The first-order valence-corrected chi connectivity index (χ1v) is 8.07. The molecule has 0 bridgehead atoms. The summed E-state index contributed by atoms with van der Waals surface area (Å²) in [5.74, 6) is 0.669. The number of fused-ring (bicyclic) bond motifs is 1. The summed E-state index contributed by atoms with van der Waals surface area (Å²) in [6.07, 6.45) is 1.54. The van der Waals surface area contributed by atoms with Gasteiger partial charge in [-0.05, 0) is 76.0 Å². The Morgan fingerprint density at radius 2 is 1.95 bits per heavy atom. The molecule has 114 valence electrons. The molecule has 0 radical (unpaired) electrons. The standard InChI is InChI=1S/C17H16INO3/c1-22-12-2-3-13-10(6-12)4-5-19-15(13)7-11-8-16(20)17(21)9-14(11)18/h2-3,6,8-9,20-21H,4-5,7H2,1H3. The quantitative estimate of drug-likeness (QED) is 0.604. The summed E-state index contributed by atoms with van der Waals surface area (Å²) in [4.78, 5) is 4.64. The highest BCUT2D eigenvalue weighted by molar-refractivity contribution is 14.1. The van der Waals surface area contributed by atoms with E-state index in [4.69, 9.17) is 4.74 Å². The fraction of sp³-hybridized carbons (Fsp3) is 0.235. The van der Waals surface area contributed by atoms with Crippen molar-refractivity contribution >= 4 is 28.3 Å². The van der Waals surface area contributed by atoms with Gasteiger partial charge in [0.1, 0.15) is 5.75 Å². The largest absolute Gasteiger partial charge is 0.504 e. The average molecular weight is 409 g/mol. The van der Waals surface area contributed by atoms with Crippen molar-refractivity contribution in [2.24, 2.45) is 4.99 Å². The molecule has 1 aliphatic heterocycles. The zero-order valence-electron chi connectivity index (χ0n) is 12.1. The summed E-state index contributed by atoms with van der Waals surface area (Å²) in [5.41, 5.74) is 4.34. The van der Waals surface area contributed by atoms with E-state index in [1.807, 2.05) is 12.1 Å². The summed E-state index contributed by atoms with van der Waals surface area (Å²) in [6, 6.07) is 9.22. The van der Waals surface area contributed by atoms with Gasteiger partial charge in [0.2, 0.25) is 0 Å². The highest BCUT2D eigenvalue weighted by Crippen LogP contribution is 2.31. The number of benzene rings is 2. The van der Waals surface area contributed by atoms with E-state index in [0.717, 1.165) is 39.1 Å². The van der Waals surface area contributed by atoms with Crippen molar-refractivity contribution in [2.75, 3.05) is 13.7 Å². The molecule has 2 aromatic carbocycles. The van der Waals surface area contributed by atoms with Crippen LogP contribution in [0.2, 0.25) is 0 Å². The molecule has 2 N–H and O–H groups in total. The highest BCUT2D eigenvalue weighted by atomic mass is 127. The first-order chi connectivity index (χ1) is 10.6. The average Bonchev–Trinajstić information content (AvgIpc) is 2.52. The van der Waals surface area contributed by atoms with Gasteiger partial charge in [-0.3, -0.25) is 4.99 Å². The molecule has 0 amide bonds. The lowest BCUT2D eigenvalue weighted by molar-refractivity contribution is 0.403. The van der Waals surface area contributed by atoms with Crippen LogP contribution in [0.5, 0.6) is 17.2 Å². The minimum Gasteiger partial charge on any atom is -0.504 e. The van der Waals surface area contributed by atoms with Gasteiger partial charge < -0.3 is 14.9 Å². The molecule has 0 unspecified atom stereocenters. The molecule has 0 spiro atoms. The molecule has 22 heavy (non-hydrogen) atoms. The number of phenolic OH excluding ortho intramolecular Hbond substituents is 2. The summed E-state index contributed by atoms with van der Waals surface area (Å²) in [5, 5.41) is 19.3. The third-order valence-corrected chi connectivity index (χ3v) is 4.81. The fourth-order valence-corrected chi connectivity index (χ4v) is 3.28. The third-order valence-electron chi connectivity index (χ3n) is 3.81. The predicted molar refractivity (Wildman–Crippen MR) is 94.3 cm³/mol. The molecule has 0 aliphatic carbocycles. The summed E-state index contributed by atoms with van der Waals surface area (Å²) in [7, 11) is 1.67. The van der Waals surface area contributed by atoms with Crippen LogP contribution in [-0.2, 0) is 12.8 Å². The molecule has 1 heterocycles. The SMILES string of the molecule is COc1ccc2c(c1)CCN=C2Cc1cc(O)c(O)cc1I. The normalized spacial score (nSPS) is 13.5. The van der Waals surface area contributed by atoms with Gasteiger partial charge in [-0.2, -0.15) is 0 Å². The molecule has 0 saturated carbocycles. The van der Waals surface area contributed by atoms with Gasteiger partial charge in [0.05, 0.1) is 7.11 Å². The second kappa shape index (κ2) is 6.16. The first kappa shape index (κ1) is 15.1. The number of rotatable bonds is 3. The molecular formula is C17H16INO3. The molecule has 0 saturated heterocycles. The molecular weight excluding hydrogens is 393 g/mol. The zero-order valence-corrected chi connectivity index (χ0v) is 14.3. The number of hydrogen-bond donors (Lipinski definition) is 2. The van der Waals surface area contributed by atoms with E-state index in [1.54, 1.807) is 19.2 Å². The Morgan fingerprint density at radius 1 is 1.18 bits per heavy atom. The summed E-state index contributed by atoms with van der Waals surface area (Å²) in [6.45, 7) is 0.760. The Bertz CT molecular complexity index is 756. The van der Waals surface area contributed by atoms with Crippen molar-refractivity contribution in [3.63, 3.8) is 0 Å². The van der Waals surface area contributed by atoms with Crippen LogP contribution in [0.1, 0.15) is 16.7 Å². The number of halogens is 1. The Morgan fingerprint density at radius 3 is 2.73 bits per heavy atom. The first-order valence-electron chi connectivity index (χ1n) is 6.99. The molecule has 5 heteroatoms. The van der Waals surface area contributed by atoms with E-state index in [1.165, 1.54) is 5.56 Å². The zero-order chi connectivity index (χ0) is 15.7. The number of methoxy groups -OCH3 is 1. The number of phenols is 2. The van der Waals surface area contributed by atoms with Gasteiger partial charge in [-0.15, -0.1) is 0 Å². The van der Waals surface area contributed by atoms with Gasteiger partial charge in [0.25, 0.3) is 0 Å².